The first-order chi connectivity index (χ1) is 43.4. The van der Waals surface area contributed by atoms with Crippen molar-refractivity contribution in [1.82, 2.24) is 39.9 Å². The number of hydrogen-bond donors (Lipinski definition) is 0. The maximum Gasteiger partial charge on any atom is 2.00 e. The number of halogens is 10. The van der Waals surface area contributed by atoms with E-state index >= 15 is 35.1 Å². The molecule has 16 bridgehead atoms. The van der Waals surface area contributed by atoms with Crippen LogP contribution < -0.4 is 19.9 Å². The molecule has 6 aromatic heterocycles. The molecule has 0 N–H and O–H groups in total. The summed E-state index contributed by atoms with van der Waals surface area (Å²) in [5, 5.41) is -10.1. The number of hydrogen-bond acceptors (Lipinski definition) is 4. The minimum absolute atomic E-state index is 0. The Morgan fingerprint density at radius 1 is 0.348 bits per heavy atom. The summed E-state index contributed by atoms with van der Waals surface area (Å²) < 4.78 is 125. The topological polar surface area (TPSA) is 108 Å². The number of fused-ring (bicyclic) bond motifs is 16. The van der Waals surface area contributed by atoms with E-state index < -0.39 is 56.2 Å². The number of alkyl halides is 10. The van der Waals surface area contributed by atoms with Crippen LogP contribution in [-0.4, -0.2) is 30.7 Å². The van der Waals surface area contributed by atoms with Gasteiger partial charge in [-0.3, -0.25) is 0 Å². The van der Waals surface area contributed by atoms with Crippen LogP contribution in [0.1, 0.15) is 62.2 Å². The third-order valence-electron chi connectivity index (χ3n) is 15.2. The van der Waals surface area contributed by atoms with Gasteiger partial charge in [-0.1, -0.05) is 176 Å². The summed E-state index contributed by atoms with van der Waals surface area (Å²) in [6, 6.07) is 49.4. The molecule has 14 rings (SSSR count). The van der Waals surface area contributed by atoms with E-state index in [9.17, 15) is 0 Å². The Bertz CT molecular complexity index is 5240. The molecular weight excluding hydrogens is 1330 g/mol. The van der Waals surface area contributed by atoms with E-state index in [0.29, 0.717) is 89.3 Å². The Kier molecular flexibility index (Phi) is 16.7. The minimum atomic E-state index is -5.06. The van der Waals surface area contributed by atoms with Crippen molar-refractivity contribution in [2.24, 2.45) is 0 Å². The monoisotopic (exact) mass is 1360 g/mol. The van der Waals surface area contributed by atoms with Gasteiger partial charge in [0, 0.05) is 16.7 Å². The zero-order chi connectivity index (χ0) is 62.1. The van der Waals surface area contributed by atoms with E-state index in [1.165, 1.54) is 48.6 Å². The Morgan fingerprint density at radius 2 is 0.739 bits per heavy atom. The molecule has 438 valence electrons. The van der Waals surface area contributed by atoms with Gasteiger partial charge in [0.1, 0.15) is 0 Å². The molecule has 0 amide bonds. The predicted molar refractivity (Wildman–Crippen MR) is 338 cm³/mol. The fourth-order valence-electron chi connectivity index (χ4n) is 11.1. The second-order valence-corrected chi connectivity index (χ2v) is 21.9. The van der Waals surface area contributed by atoms with Crippen molar-refractivity contribution in [3.63, 3.8) is 0 Å². The maximum atomic E-state index is 16.3. The third kappa shape index (κ3) is 11.6. The average Bonchev–Trinajstić information content (AvgIpc) is 1.57. The molecule has 0 saturated carbocycles. The summed E-state index contributed by atoms with van der Waals surface area (Å²) >= 11 is 10.5. The van der Waals surface area contributed by atoms with Crippen molar-refractivity contribution in [1.29, 1.82) is 0 Å². The average molecular weight is 1370 g/mol. The molecule has 4 aliphatic heterocycles. The summed E-state index contributed by atoms with van der Waals surface area (Å²) in [4.78, 5) is 38.3. The van der Waals surface area contributed by atoms with Gasteiger partial charge in [0.2, 0.25) is 0 Å². The smallest absolute Gasteiger partial charge is 0.657 e. The predicted octanol–water partition coefficient (Wildman–Crippen LogP) is 18.1. The SMILES string of the molecule is FC(F)(Cl)C(F)(F)c1c2nc(c(-c3ccccc3)c3ccc(cc4nc(c(-c5ccccc5)c5ccc1[n-]5)C=C4C#CC#Cc1cc4[n-]c1cc1nc(c(-c5ccccc5)c5ccc([n-]5)c(C(F)(F)C(F)(F)Cl)c5nc(c4-c4ccccc4)C=C5)C=C1)[n-]3)C=C2.[Zn+2].[Zn+2]. The van der Waals surface area contributed by atoms with Crippen LogP contribution in [0.15, 0.2) is 176 Å². The Morgan fingerprint density at radius 3 is 1.23 bits per heavy atom. The van der Waals surface area contributed by atoms with Gasteiger partial charge in [-0.2, -0.15) is 35.1 Å². The summed E-state index contributed by atoms with van der Waals surface area (Å²) in [5.41, 5.74) is 3.57. The molecule has 8 nitrogen and oxygen atoms in total. The standard InChI is InChI=1S/C72H36Cl2F8N8.2Zn/c73-71(79,80)69(75,76)67-55-33-29-51(85-55)63(41-15-5-1-6-16-41)49-27-25-47(83-49)39-59-45(37-61(89-59)65(43-19-9-3-10-20-43)53-31-35-57(67)87-53)23-13-14-24-46-38-62-66(44-21-11-4-12-22-44)54-32-36-58(88-54)68(70(77,78)72(74,81)82)56-34-30-52(86-56)64(42-17-7-2-8-18-42)50-28-26-48(84-50)40-60(46)90-62;;/h1-12,15-22,25-40H;;/q-4;2*+2. The molecule has 92 heavy (non-hydrogen) atoms. The summed E-state index contributed by atoms with van der Waals surface area (Å²) in [5.74, 6) is 2.32. The molecule has 0 fully saturated rings. The largest absolute Gasteiger partial charge is 2.00 e. The fourth-order valence-corrected chi connectivity index (χ4v) is 11.3. The van der Waals surface area contributed by atoms with Crippen LogP contribution in [0, 0.1) is 23.7 Å². The van der Waals surface area contributed by atoms with Crippen LogP contribution in [0.4, 0.5) is 35.1 Å². The van der Waals surface area contributed by atoms with Crippen molar-refractivity contribution < 1.29 is 74.1 Å². The zero-order valence-electron chi connectivity index (χ0n) is 47.6. The van der Waals surface area contributed by atoms with E-state index in [1.54, 1.807) is 170 Å². The first kappa shape index (κ1) is 62.7. The molecule has 10 aromatic rings. The summed E-state index contributed by atoms with van der Waals surface area (Å²) in [6.07, 6.45) is 10.5. The van der Waals surface area contributed by atoms with Crippen molar-refractivity contribution in [3.8, 4) is 68.2 Å². The molecule has 0 aliphatic carbocycles. The number of aromatic nitrogens is 8. The molecule has 0 unspecified atom stereocenters. The van der Waals surface area contributed by atoms with Crippen LogP contribution in [0.25, 0.3) is 137 Å². The Hall–Kier alpha value is -9.53. The van der Waals surface area contributed by atoms with Gasteiger partial charge in [-0.15, -0.1) is 44.1 Å². The van der Waals surface area contributed by atoms with Gasteiger partial charge < -0.3 is 19.9 Å². The summed E-state index contributed by atoms with van der Waals surface area (Å²) in [7, 11) is 0. The van der Waals surface area contributed by atoms with Gasteiger partial charge in [-0.05, 0) is 134 Å². The van der Waals surface area contributed by atoms with Crippen LogP contribution in [0.3, 0.4) is 0 Å². The van der Waals surface area contributed by atoms with Gasteiger partial charge in [-0.25, -0.2) is 19.9 Å². The van der Waals surface area contributed by atoms with E-state index in [4.69, 9.17) is 43.1 Å². The minimum Gasteiger partial charge on any atom is -0.657 e. The fraction of sp³-hybridized carbons (Fsp3) is 0.0556. The van der Waals surface area contributed by atoms with Crippen molar-refractivity contribution in [2.45, 2.75) is 22.6 Å². The molecule has 0 atom stereocenters. The van der Waals surface area contributed by atoms with Gasteiger partial charge in [0.15, 0.2) is 0 Å². The number of benzene rings is 4. The van der Waals surface area contributed by atoms with Crippen molar-refractivity contribution in [3.05, 3.63) is 238 Å². The molecule has 0 saturated heterocycles. The number of nitrogens with zero attached hydrogens (tertiary/aromatic N) is 8. The first-order valence-corrected chi connectivity index (χ1v) is 28.4. The number of allylic oxidation sites excluding steroid dienone is 1. The molecule has 4 aromatic carbocycles. The summed E-state index contributed by atoms with van der Waals surface area (Å²) in [6.45, 7) is 0. The van der Waals surface area contributed by atoms with E-state index in [1.807, 2.05) is 0 Å². The van der Waals surface area contributed by atoms with Crippen LogP contribution in [0.5, 0.6) is 0 Å². The van der Waals surface area contributed by atoms with Crippen LogP contribution in [0.2, 0.25) is 0 Å². The third-order valence-corrected chi connectivity index (χ3v) is 15.6. The molecule has 0 radical (unpaired) electrons. The Labute approximate surface area is 554 Å². The van der Waals surface area contributed by atoms with Crippen LogP contribution in [-0.2, 0) is 50.8 Å². The second-order valence-electron chi connectivity index (χ2n) is 20.9. The van der Waals surface area contributed by atoms with Crippen molar-refractivity contribution >= 4 is 115 Å². The van der Waals surface area contributed by atoms with Crippen molar-refractivity contribution in [2.75, 3.05) is 0 Å². The van der Waals surface area contributed by atoms with E-state index in [2.05, 4.69) is 43.6 Å². The molecule has 4 aliphatic rings. The van der Waals surface area contributed by atoms with E-state index in [-0.39, 0.29) is 72.6 Å². The normalized spacial score (nSPS) is 12.7. The number of rotatable bonds is 8. The van der Waals surface area contributed by atoms with Gasteiger partial charge in [0.25, 0.3) is 0 Å². The van der Waals surface area contributed by atoms with Gasteiger partial charge in [0.05, 0.1) is 51.1 Å². The quantitative estimate of drug-likeness (QED) is 0.0641. The molecule has 20 heteroatoms. The Balaban J connectivity index is 0.00000408. The first-order valence-electron chi connectivity index (χ1n) is 27.6. The van der Waals surface area contributed by atoms with Crippen LogP contribution >= 0.6 is 23.2 Å². The maximum absolute atomic E-state index is 16.3. The molecule has 10 heterocycles. The molecular formula is C72H36Cl2F8N8Zn2. The van der Waals surface area contributed by atoms with Gasteiger partial charge >= 0.3 is 61.6 Å². The zero-order valence-corrected chi connectivity index (χ0v) is 55.0. The second kappa shape index (κ2) is 24.6. The van der Waals surface area contributed by atoms with E-state index in [0.717, 1.165) is 0 Å². The molecule has 0 spiro atoms.